The normalized spacial score (nSPS) is 22.5. The molecule has 8 heteroatoms. The van der Waals surface area contributed by atoms with E-state index in [0.717, 1.165) is 24.8 Å². The Hall–Kier alpha value is -2.45. The lowest BCUT2D eigenvalue weighted by atomic mass is 9.90. The molecule has 1 saturated heterocycles. The lowest BCUT2D eigenvalue weighted by Gasteiger charge is -2.31. The zero-order valence-electron chi connectivity index (χ0n) is 18.5. The lowest BCUT2D eigenvalue weighted by molar-refractivity contribution is -0.168. The Kier molecular flexibility index (Phi) is 9.45. The Bertz CT molecular complexity index is 729. The zero-order chi connectivity index (χ0) is 22.9. The summed E-state index contributed by atoms with van der Waals surface area (Å²) in [4.78, 5) is 36.5. The van der Waals surface area contributed by atoms with Crippen LogP contribution in [-0.2, 0) is 19.1 Å². The van der Waals surface area contributed by atoms with E-state index in [1.54, 1.807) is 0 Å². The number of nitrogens with two attached hydrogens (primary N) is 1. The number of nitrogens with zero attached hydrogens (tertiary/aromatic N) is 1. The monoisotopic (exact) mass is 433 g/mol. The van der Waals surface area contributed by atoms with E-state index >= 15 is 0 Å². The van der Waals surface area contributed by atoms with Crippen molar-refractivity contribution in [3.05, 3.63) is 35.9 Å². The number of hydrogen-bond donors (Lipinski definition) is 3. The molecule has 2 unspecified atom stereocenters. The van der Waals surface area contributed by atoms with Crippen LogP contribution in [0, 0.1) is 5.92 Å². The average Bonchev–Trinajstić information content (AvgIpc) is 3.23. The van der Waals surface area contributed by atoms with E-state index in [9.17, 15) is 19.6 Å². The standard InChI is InChI=1S/C23H35N3O5/c1-3-5-7-12-18(19(4-2)26(30)16-27)21(28)25-15-23(22(24)29)14-13-20(31-23)17-10-8-6-9-11-17/h6,8-11,16,18-20,30H,3-5,7,12-15H2,1-2H3,(H2,24,29)(H,25,28)/t18-,19-,20?,23?/m1/s1. The summed E-state index contributed by atoms with van der Waals surface area (Å²) in [6.45, 7) is 3.83. The molecule has 0 aliphatic carbocycles. The highest BCUT2D eigenvalue weighted by Gasteiger charge is 2.46. The molecule has 31 heavy (non-hydrogen) atoms. The number of hydroxylamine groups is 2. The highest BCUT2D eigenvalue weighted by Crippen LogP contribution is 2.39. The van der Waals surface area contributed by atoms with Gasteiger partial charge in [-0.2, -0.15) is 0 Å². The molecule has 1 aromatic rings. The number of ether oxygens (including phenoxy) is 1. The summed E-state index contributed by atoms with van der Waals surface area (Å²) in [5.74, 6) is -1.53. The van der Waals surface area contributed by atoms with E-state index in [0.29, 0.717) is 37.2 Å². The molecule has 1 heterocycles. The Balaban J connectivity index is 2.10. The maximum atomic E-state index is 13.1. The van der Waals surface area contributed by atoms with Crippen molar-refractivity contribution < 1.29 is 24.3 Å². The Morgan fingerprint density at radius 1 is 1.32 bits per heavy atom. The van der Waals surface area contributed by atoms with Crippen molar-refractivity contribution in [1.29, 1.82) is 0 Å². The zero-order valence-corrected chi connectivity index (χ0v) is 18.5. The van der Waals surface area contributed by atoms with E-state index in [4.69, 9.17) is 10.5 Å². The summed E-state index contributed by atoms with van der Waals surface area (Å²) in [6, 6.07) is 8.96. The highest BCUT2D eigenvalue weighted by atomic mass is 16.5. The third-order valence-corrected chi connectivity index (χ3v) is 6.13. The molecule has 1 aromatic carbocycles. The number of nitrogens with one attached hydrogen (secondary N) is 1. The van der Waals surface area contributed by atoms with Gasteiger partial charge in [0.15, 0.2) is 5.60 Å². The largest absolute Gasteiger partial charge is 0.367 e. The van der Waals surface area contributed by atoms with Gasteiger partial charge in [-0.25, -0.2) is 5.06 Å². The van der Waals surface area contributed by atoms with E-state index in [1.807, 2.05) is 37.3 Å². The molecule has 8 nitrogen and oxygen atoms in total. The number of rotatable bonds is 13. The SMILES string of the molecule is CCCCC[C@@H](C(=O)NCC1(C(N)=O)CCC(c2ccccc2)O1)[C@@H](CC)N(O)C=O. The van der Waals surface area contributed by atoms with Crippen LogP contribution in [0.15, 0.2) is 30.3 Å². The quantitative estimate of drug-likeness (QED) is 0.191. The second kappa shape index (κ2) is 11.8. The van der Waals surface area contributed by atoms with Gasteiger partial charge in [0.1, 0.15) is 0 Å². The van der Waals surface area contributed by atoms with Crippen LogP contribution in [0.25, 0.3) is 0 Å². The van der Waals surface area contributed by atoms with Crippen molar-refractivity contribution in [3.8, 4) is 0 Å². The Morgan fingerprint density at radius 3 is 2.61 bits per heavy atom. The van der Waals surface area contributed by atoms with Crippen LogP contribution in [0.1, 0.15) is 70.5 Å². The minimum atomic E-state index is -1.28. The van der Waals surface area contributed by atoms with Crippen molar-refractivity contribution in [3.63, 3.8) is 0 Å². The molecule has 172 valence electrons. The van der Waals surface area contributed by atoms with E-state index in [1.165, 1.54) is 0 Å². The predicted octanol–water partition coefficient (Wildman–Crippen LogP) is 2.70. The van der Waals surface area contributed by atoms with Crippen LogP contribution in [-0.4, -0.2) is 46.7 Å². The molecule has 1 aliphatic rings. The van der Waals surface area contributed by atoms with Crippen molar-refractivity contribution in [1.82, 2.24) is 10.4 Å². The topological polar surface area (TPSA) is 122 Å². The second-order valence-corrected chi connectivity index (χ2v) is 8.20. The molecule has 1 fully saturated rings. The number of hydrogen-bond acceptors (Lipinski definition) is 5. The molecular formula is C23H35N3O5. The van der Waals surface area contributed by atoms with Crippen molar-refractivity contribution in [2.75, 3.05) is 6.54 Å². The van der Waals surface area contributed by atoms with Gasteiger partial charge in [-0.15, -0.1) is 0 Å². The second-order valence-electron chi connectivity index (χ2n) is 8.20. The van der Waals surface area contributed by atoms with E-state index < -0.39 is 23.5 Å². The van der Waals surface area contributed by atoms with Crippen LogP contribution < -0.4 is 11.1 Å². The van der Waals surface area contributed by atoms with Crippen molar-refractivity contribution in [2.24, 2.45) is 11.7 Å². The molecule has 4 N–H and O–H groups in total. The molecule has 0 aromatic heterocycles. The van der Waals surface area contributed by atoms with Crippen LogP contribution in [0.2, 0.25) is 0 Å². The van der Waals surface area contributed by atoms with Gasteiger partial charge in [0.2, 0.25) is 12.3 Å². The van der Waals surface area contributed by atoms with Gasteiger partial charge in [0, 0.05) is 0 Å². The predicted molar refractivity (Wildman–Crippen MR) is 116 cm³/mol. The molecule has 0 spiro atoms. The van der Waals surface area contributed by atoms with Gasteiger partial charge in [-0.1, -0.05) is 63.4 Å². The molecule has 4 atom stereocenters. The first-order chi connectivity index (χ1) is 14.9. The van der Waals surface area contributed by atoms with Gasteiger partial charge in [0.05, 0.1) is 24.6 Å². The average molecular weight is 434 g/mol. The summed E-state index contributed by atoms with van der Waals surface area (Å²) in [6.07, 6.45) is 4.76. The molecule has 1 aliphatic heterocycles. The number of benzene rings is 1. The maximum absolute atomic E-state index is 13.1. The summed E-state index contributed by atoms with van der Waals surface area (Å²) in [7, 11) is 0. The molecule has 0 bridgehead atoms. The summed E-state index contributed by atoms with van der Waals surface area (Å²) in [5.41, 5.74) is 5.36. The minimum Gasteiger partial charge on any atom is -0.367 e. The minimum absolute atomic E-state index is 0.0439. The molecule has 3 amide bonds. The number of amides is 3. The number of unbranched alkanes of at least 4 members (excludes halogenated alkanes) is 2. The van der Waals surface area contributed by atoms with Gasteiger partial charge >= 0.3 is 0 Å². The molecular weight excluding hydrogens is 398 g/mol. The van der Waals surface area contributed by atoms with Gasteiger partial charge in [-0.05, 0) is 31.2 Å². The van der Waals surface area contributed by atoms with Crippen LogP contribution >= 0.6 is 0 Å². The highest BCUT2D eigenvalue weighted by molar-refractivity contribution is 5.86. The van der Waals surface area contributed by atoms with Crippen LogP contribution in [0.4, 0.5) is 0 Å². The number of carbonyl (C=O) groups is 3. The Labute approximate surface area is 184 Å². The summed E-state index contributed by atoms with van der Waals surface area (Å²) < 4.78 is 6.08. The fourth-order valence-electron chi connectivity index (χ4n) is 4.26. The van der Waals surface area contributed by atoms with Crippen molar-refractivity contribution >= 4 is 18.2 Å². The van der Waals surface area contributed by atoms with Crippen molar-refractivity contribution in [2.45, 2.75) is 76.5 Å². The van der Waals surface area contributed by atoms with Gasteiger partial charge in [0.25, 0.3) is 5.91 Å². The summed E-state index contributed by atoms with van der Waals surface area (Å²) >= 11 is 0. The molecule has 2 rings (SSSR count). The fraction of sp³-hybridized carbons (Fsp3) is 0.609. The Morgan fingerprint density at radius 2 is 2.03 bits per heavy atom. The first kappa shape index (κ1) is 24.8. The fourth-order valence-corrected chi connectivity index (χ4v) is 4.26. The number of carbonyl (C=O) groups excluding carboxylic acids is 3. The smallest absolute Gasteiger partial charge is 0.251 e. The third kappa shape index (κ3) is 6.27. The van der Waals surface area contributed by atoms with Crippen LogP contribution in [0.3, 0.4) is 0 Å². The molecule has 0 saturated carbocycles. The van der Waals surface area contributed by atoms with Gasteiger partial charge in [-0.3, -0.25) is 19.6 Å². The first-order valence-corrected chi connectivity index (χ1v) is 11.1. The first-order valence-electron chi connectivity index (χ1n) is 11.1. The number of primary amides is 1. The third-order valence-electron chi connectivity index (χ3n) is 6.13. The summed E-state index contributed by atoms with van der Waals surface area (Å²) in [5, 5.41) is 13.3. The van der Waals surface area contributed by atoms with E-state index in [2.05, 4.69) is 12.2 Å². The van der Waals surface area contributed by atoms with Gasteiger partial charge < -0.3 is 15.8 Å². The van der Waals surface area contributed by atoms with E-state index in [-0.39, 0.29) is 18.6 Å². The molecule has 0 radical (unpaired) electrons. The maximum Gasteiger partial charge on any atom is 0.251 e. The lowest BCUT2D eigenvalue weighted by Crippen LogP contribution is -2.54. The van der Waals surface area contributed by atoms with Crippen LogP contribution in [0.5, 0.6) is 0 Å².